The molecule has 0 fully saturated rings. The van der Waals surface area contributed by atoms with E-state index in [4.69, 9.17) is 10.2 Å². The van der Waals surface area contributed by atoms with Crippen LogP contribution < -0.4 is 0 Å². The maximum absolute atomic E-state index is 12.3. The van der Waals surface area contributed by atoms with Crippen LogP contribution in [0.5, 0.6) is 0 Å². The average molecular weight is 261 g/mol. The third-order valence-corrected chi connectivity index (χ3v) is 2.66. The molecule has 102 valence electrons. The van der Waals surface area contributed by atoms with Gasteiger partial charge in [-0.25, -0.2) is 0 Å². The molecule has 0 aliphatic carbocycles. The van der Waals surface area contributed by atoms with E-state index in [1.807, 2.05) is 13.0 Å². The van der Waals surface area contributed by atoms with Gasteiger partial charge in [0.25, 0.3) is 5.91 Å². The quantitative estimate of drug-likeness (QED) is 0.773. The van der Waals surface area contributed by atoms with E-state index in [1.165, 1.54) is 0 Å². The normalized spacial score (nSPS) is 9.63. The van der Waals surface area contributed by atoms with Crippen LogP contribution in [0, 0.1) is 11.8 Å². The number of hydrogen-bond donors (Lipinski definition) is 2. The lowest BCUT2D eigenvalue weighted by Gasteiger charge is -2.20. The number of hydrogen-bond acceptors (Lipinski definition) is 3. The maximum Gasteiger partial charge on any atom is 0.255 e. The Morgan fingerprint density at radius 2 is 2.00 bits per heavy atom. The molecule has 0 radical (unpaired) electrons. The van der Waals surface area contributed by atoms with Crippen LogP contribution in [0.25, 0.3) is 0 Å². The molecule has 0 unspecified atom stereocenters. The van der Waals surface area contributed by atoms with E-state index >= 15 is 0 Å². The topological polar surface area (TPSA) is 60.8 Å². The van der Waals surface area contributed by atoms with E-state index in [1.54, 1.807) is 23.1 Å². The SMILES string of the molecule is CCN(CCO)C(=O)c1ccccc1C#CCCO. The second kappa shape index (κ2) is 8.30. The zero-order valence-corrected chi connectivity index (χ0v) is 11.1. The van der Waals surface area contributed by atoms with Crippen LogP contribution in [0.3, 0.4) is 0 Å². The van der Waals surface area contributed by atoms with Gasteiger partial charge < -0.3 is 15.1 Å². The van der Waals surface area contributed by atoms with E-state index in [0.29, 0.717) is 30.6 Å². The van der Waals surface area contributed by atoms with Crippen LogP contribution in [-0.4, -0.2) is 47.3 Å². The van der Waals surface area contributed by atoms with Gasteiger partial charge in [-0.3, -0.25) is 4.79 Å². The van der Waals surface area contributed by atoms with Crippen molar-refractivity contribution in [3.8, 4) is 11.8 Å². The molecule has 0 bridgehead atoms. The van der Waals surface area contributed by atoms with Crippen molar-refractivity contribution in [3.63, 3.8) is 0 Å². The third kappa shape index (κ3) is 4.40. The molecule has 0 saturated carbocycles. The van der Waals surface area contributed by atoms with E-state index in [-0.39, 0.29) is 19.1 Å². The summed E-state index contributed by atoms with van der Waals surface area (Å²) in [5.41, 5.74) is 1.18. The number of amides is 1. The minimum absolute atomic E-state index is 0.00864. The average Bonchev–Trinajstić information content (AvgIpc) is 2.45. The van der Waals surface area contributed by atoms with Crippen molar-refractivity contribution in [1.82, 2.24) is 4.90 Å². The van der Waals surface area contributed by atoms with Crippen LogP contribution in [-0.2, 0) is 0 Å². The highest BCUT2D eigenvalue weighted by Gasteiger charge is 2.15. The summed E-state index contributed by atoms with van der Waals surface area (Å²) in [6.45, 7) is 2.67. The lowest BCUT2D eigenvalue weighted by atomic mass is 10.1. The van der Waals surface area contributed by atoms with Crippen LogP contribution in [0.1, 0.15) is 29.3 Å². The van der Waals surface area contributed by atoms with Crippen LogP contribution in [0.4, 0.5) is 0 Å². The Hall–Kier alpha value is -1.83. The predicted octanol–water partition coefficient (Wildman–Crippen LogP) is 0.875. The van der Waals surface area contributed by atoms with E-state index in [0.717, 1.165) is 0 Å². The lowest BCUT2D eigenvalue weighted by Crippen LogP contribution is -2.33. The van der Waals surface area contributed by atoms with E-state index in [9.17, 15) is 4.79 Å². The Kier molecular flexibility index (Phi) is 6.65. The summed E-state index contributed by atoms with van der Waals surface area (Å²) in [4.78, 5) is 13.9. The van der Waals surface area contributed by atoms with Crippen molar-refractivity contribution in [3.05, 3.63) is 35.4 Å². The molecule has 2 N–H and O–H groups in total. The number of carbonyl (C=O) groups is 1. The van der Waals surface area contributed by atoms with Gasteiger partial charge in [0.15, 0.2) is 0 Å². The minimum Gasteiger partial charge on any atom is -0.395 e. The molecule has 0 atom stereocenters. The summed E-state index contributed by atoms with van der Waals surface area (Å²) in [6.07, 6.45) is 0.386. The third-order valence-electron chi connectivity index (χ3n) is 2.66. The first-order valence-electron chi connectivity index (χ1n) is 6.33. The Labute approximate surface area is 113 Å². The zero-order chi connectivity index (χ0) is 14.1. The molecule has 19 heavy (non-hydrogen) atoms. The molecule has 1 aromatic carbocycles. The summed E-state index contributed by atoms with van der Waals surface area (Å²) < 4.78 is 0. The zero-order valence-electron chi connectivity index (χ0n) is 11.1. The van der Waals surface area contributed by atoms with Crippen LogP contribution in [0.2, 0.25) is 0 Å². The number of carbonyl (C=O) groups excluding carboxylic acids is 1. The maximum atomic E-state index is 12.3. The highest BCUT2D eigenvalue weighted by Crippen LogP contribution is 2.11. The lowest BCUT2D eigenvalue weighted by molar-refractivity contribution is 0.0731. The van der Waals surface area contributed by atoms with Gasteiger partial charge in [0.1, 0.15) is 0 Å². The number of benzene rings is 1. The summed E-state index contributed by atoms with van der Waals surface area (Å²) in [6, 6.07) is 7.12. The fourth-order valence-corrected chi connectivity index (χ4v) is 1.69. The smallest absolute Gasteiger partial charge is 0.255 e. The molecule has 4 heteroatoms. The monoisotopic (exact) mass is 261 g/mol. The van der Waals surface area contributed by atoms with Gasteiger partial charge >= 0.3 is 0 Å². The Morgan fingerprint density at radius 1 is 1.26 bits per heavy atom. The second-order valence-electron chi connectivity index (χ2n) is 3.93. The number of aliphatic hydroxyl groups is 2. The number of rotatable bonds is 5. The molecule has 0 saturated heterocycles. The molecule has 0 heterocycles. The van der Waals surface area contributed by atoms with Gasteiger partial charge in [-0.05, 0) is 19.1 Å². The molecule has 0 spiro atoms. The molecule has 0 aliphatic rings. The fourth-order valence-electron chi connectivity index (χ4n) is 1.69. The van der Waals surface area contributed by atoms with Crippen LogP contribution in [0.15, 0.2) is 24.3 Å². The summed E-state index contributed by atoms with van der Waals surface area (Å²) in [7, 11) is 0. The van der Waals surface area contributed by atoms with E-state index in [2.05, 4.69) is 11.8 Å². The summed E-state index contributed by atoms with van der Waals surface area (Å²) >= 11 is 0. The van der Waals surface area contributed by atoms with Crippen molar-refractivity contribution in [1.29, 1.82) is 0 Å². The Balaban J connectivity index is 2.99. The number of nitrogens with zero attached hydrogens (tertiary/aromatic N) is 1. The first-order chi connectivity index (χ1) is 9.24. The highest BCUT2D eigenvalue weighted by atomic mass is 16.3. The van der Waals surface area contributed by atoms with E-state index < -0.39 is 0 Å². The molecule has 0 aliphatic heterocycles. The fraction of sp³-hybridized carbons (Fsp3) is 0.400. The van der Waals surface area contributed by atoms with Crippen molar-refractivity contribution in [2.75, 3.05) is 26.3 Å². The molecule has 0 aromatic heterocycles. The van der Waals surface area contributed by atoms with Crippen LogP contribution >= 0.6 is 0 Å². The van der Waals surface area contributed by atoms with Crippen molar-refractivity contribution >= 4 is 5.91 Å². The van der Waals surface area contributed by atoms with Crippen molar-refractivity contribution < 1.29 is 15.0 Å². The van der Waals surface area contributed by atoms with Crippen molar-refractivity contribution in [2.45, 2.75) is 13.3 Å². The van der Waals surface area contributed by atoms with Gasteiger partial charge in [-0.15, -0.1) is 0 Å². The van der Waals surface area contributed by atoms with Gasteiger partial charge in [0.2, 0.25) is 0 Å². The highest BCUT2D eigenvalue weighted by molar-refractivity contribution is 5.96. The first kappa shape index (κ1) is 15.2. The summed E-state index contributed by atoms with van der Waals surface area (Å²) in [5.74, 6) is 5.58. The Morgan fingerprint density at radius 3 is 2.63 bits per heavy atom. The summed E-state index contributed by atoms with van der Waals surface area (Å²) in [5, 5.41) is 17.7. The van der Waals surface area contributed by atoms with Gasteiger partial charge in [-0.1, -0.05) is 24.0 Å². The largest absolute Gasteiger partial charge is 0.395 e. The second-order valence-corrected chi connectivity index (χ2v) is 3.93. The Bertz CT molecular complexity index is 474. The van der Waals surface area contributed by atoms with Gasteiger partial charge in [0.05, 0.1) is 18.8 Å². The number of aliphatic hydroxyl groups excluding tert-OH is 2. The minimum atomic E-state index is -0.134. The van der Waals surface area contributed by atoms with Gasteiger partial charge in [0, 0.05) is 25.1 Å². The molecule has 4 nitrogen and oxygen atoms in total. The standard InChI is InChI=1S/C15H19NO3/c1-2-16(10-12-18)15(19)14-9-4-3-7-13(14)8-5-6-11-17/h3-4,7,9,17-18H,2,6,10-12H2,1H3. The molecule has 1 amide bonds. The molecule has 1 aromatic rings. The predicted molar refractivity (Wildman–Crippen MR) is 73.7 cm³/mol. The van der Waals surface area contributed by atoms with Gasteiger partial charge in [-0.2, -0.15) is 0 Å². The molecule has 1 rings (SSSR count). The molecular formula is C15H19NO3. The van der Waals surface area contributed by atoms with Crippen molar-refractivity contribution in [2.24, 2.45) is 0 Å². The number of likely N-dealkylation sites (N-methyl/N-ethyl adjacent to an activating group) is 1. The molecular weight excluding hydrogens is 242 g/mol. The first-order valence-corrected chi connectivity index (χ1v) is 6.33.